The second-order valence-corrected chi connectivity index (χ2v) is 4.20. The van der Waals surface area contributed by atoms with E-state index >= 15 is 0 Å². The lowest BCUT2D eigenvalue weighted by Crippen LogP contribution is -2.05. The molecule has 2 rings (SSSR count). The third kappa shape index (κ3) is 4.05. The van der Waals surface area contributed by atoms with E-state index in [0.717, 1.165) is 6.07 Å². The molecular formula is C13H6ClF3N2O2. The number of hydrogen-bond donors (Lipinski definition) is 0. The van der Waals surface area contributed by atoms with Gasteiger partial charge in [0.05, 0.1) is 11.3 Å². The third-order valence-electron chi connectivity index (χ3n) is 2.33. The van der Waals surface area contributed by atoms with E-state index in [4.69, 9.17) is 16.3 Å². The molecule has 0 amide bonds. The van der Waals surface area contributed by atoms with Crippen molar-refractivity contribution in [1.82, 2.24) is 4.98 Å². The monoisotopic (exact) mass is 314 g/mol. The largest absolute Gasteiger partial charge is 0.439 e. The van der Waals surface area contributed by atoms with Gasteiger partial charge in [0.25, 0.3) is 0 Å². The number of hydrogen-bond acceptors (Lipinski definition) is 4. The lowest BCUT2D eigenvalue weighted by molar-refractivity contribution is -0.137. The molecule has 0 radical (unpaired) electrons. The maximum Gasteiger partial charge on any atom is 0.416 e. The summed E-state index contributed by atoms with van der Waals surface area (Å²) in [5.41, 5.74) is -0.618. The highest BCUT2D eigenvalue weighted by molar-refractivity contribution is 6.29. The van der Waals surface area contributed by atoms with Gasteiger partial charge in [0.15, 0.2) is 0 Å². The quantitative estimate of drug-likeness (QED) is 0.475. The summed E-state index contributed by atoms with van der Waals surface area (Å²) in [6.45, 7) is 0. The predicted molar refractivity (Wildman–Crippen MR) is 68.5 cm³/mol. The number of ether oxygens (including phenoxy) is 1. The van der Waals surface area contributed by atoms with E-state index in [9.17, 15) is 18.0 Å². The standard InChI is InChI=1S/C13H6ClF3N2O2/c14-11-5-8(13(15,16)17)6-12(19-11)21-10-3-1-9(2-4-10)18-7-20/h1-6H. The molecule has 21 heavy (non-hydrogen) atoms. The van der Waals surface area contributed by atoms with Crippen LogP contribution in [0.2, 0.25) is 5.15 Å². The summed E-state index contributed by atoms with van der Waals surface area (Å²) in [7, 11) is 0. The Kier molecular flexibility index (Phi) is 4.26. The molecule has 0 bridgehead atoms. The first-order valence-electron chi connectivity index (χ1n) is 5.49. The molecule has 0 aliphatic carbocycles. The van der Waals surface area contributed by atoms with Crippen molar-refractivity contribution in [2.75, 3.05) is 0 Å². The zero-order valence-electron chi connectivity index (χ0n) is 10.2. The summed E-state index contributed by atoms with van der Waals surface area (Å²) in [5.74, 6) is -0.0656. The van der Waals surface area contributed by atoms with E-state index in [1.807, 2.05) is 0 Å². The number of halogens is 4. The average molecular weight is 315 g/mol. The normalized spacial score (nSPS) is 10.9. The maximum atomic E-state index is 12.6. The fraction of sp³-hybridized carbons (Fsp3) is 0.0769. The van der Waals surface area contributed by atoms with Crippen LogP contribution in [-0.2, 0) is 11.0 Å². The molecular weight excluding hydrogens is 309 g/mol. The molecule has 0 saturated carbocycles. The minimum atomic E-state index is -4.55. The van der Waals surface area contributed by atoms with E-state index in [0.29, 0.717) is 11.8 Å². The molecule has 0 N–H and O–H groups in total. The highest BCUT2D eigenvalue weighted by Gasteiger charge is 2.31. The van der Waals surface area contributed by atoms with Crippen LogP contribution in [0.25, 0.3) is 0 Å². The molecule has 1 heterocycles. The molecule has 0 spiro atoms. The average Bonchev–Trinajstić information content (AvgIpc) is 2.40. The lowest BCUT2D eigenvalue weighted by atomic mass is 10.2. The number of isocyanates is 1. The number of aromatic nitrogens is 1. The van der Waals surface area contributed by atoms with Gasteiger partial charge < -0.3 is 4.74 Å². The summed E-state index contributed by atoms with van der Waals surface area (Å²) in [6.07, 6.45) is -3.18. The fourth-order valence-corrected chi connectivity index (χ4v) is 1.65. The number of aliphatic imine (C=N–C) groups is 1. The van der Waals surface area contributed by atoms with Crippen molar-refractivity contribution in [3.63, 3.8) is 0 Å². The molecule has 4 nitrogen and oxygen atoms in total. The SMILES string of the molecule is O=C=Nc1ccc(Oc2cc(C(F)(F)F)cc(Cl)n2)cc1. The Morgan fingerprint density at radius 2 is 1.86 bits per heavy atom. The van der Waals surface area contributed by atoms with Crippen LogP contribution in [0.4, 0.5) is 18.9 Å². The van der Waals surface area contributed by atoms with Gasteiger partial charge in [0.2, 0.25) is 12.0 Å². The van der Waals surface area contributed by atoms with Crippen LogP contribution in [0.5, 0.6) is 11.6 Å². The van der Waals surface area contributed by atoms with E-state index in [1.165, 1.54) is 30.3 Å². The van der Waals surface area contributed by atoms with Gasteiger partial charge >= 0.3 is 6.18 Å². The Morgan fingerprint density at radius 1 is 1.19 bits per heavy atom. The van der Waals surface area contributed by atoms with Crippen LogP contribution >= 0.6 is 11.6 Å². The van der Waals surface area contributed by atoms with Gasteiger partial charge in [-0.15, -0.1) is 0 Å². The highest BCUT2D eigenvalue weighted by Crippen LogP contribution is 2.33. The first-order chi connectivity index (χ1) is 9.88. The van der Waals surface area contributed by atoms with Crippen molar-refractivity contribution < 1.29 is 22.7 Å². The molecule has 108 valence electrons. The van der Waals surface area contributed by atoms with Crippen molar-refractivity contribution in [3.8, 4) is 11.6 Å². The van der Waals surface area contributed by atoms with E-state index < -0.39 is 11.7 Å². The smallest absolute Gasteiger partial charge is 0.416 e. The second-order valence-electron chi connectivity index (χ2n) is 3.81. The van der Waals surface area contributed by atoms with Crippen LogP contribution in [0.1, 0.15) is 5.56 Å². The number of pyridine rings is 1. The van der Waals surface area contributed by atoms with Gasteiger partial charge in [-0.3, -0.25) is 0 Å². The Morgan fingerprint density at radius 3 is 2.43 bits per heavy atom. The van der Waals surface area contributed by atoms with Gasteiger partial charge in [-0.25, -0.2) is 9.78 Å². The summed E-state index contributed by atoms with van der Waals surface area (Å²) in [5, 5.41) is -0.331. The zero-order chi connectivity index (χ0) is 15.5. The van der Waals surface area contributed by atoms with Gasteiger partial charge in [-0.2, -0.15) is 18.2 Å². The number of alkyl halides is 3. The third-order valence-corrected chi connectivity index (χ3v) is 2.53. The number of nitrogens with zero attached hydrogens (tertiary/aromatic N) is 2. The van der Waals surface area contributed by atoms with Crippen LogP contribution in [0.3, 0.4) is 0 Å². The summed E-state index contributed by atoms with van der Waals surface area (Å²) < 4.78 is 43.1. The summed E-state index contributed by atoms with van der Waals surface area (Å²) in [4.78, 5) is 17.1. The van der Waals surface area contributed by atoms with Crippen molar-refractivity contribution >= 4 is 23.4 Å². The molecule has 8 heteroatoms. The minimum Gasteiger partial charge on any atom is -0.439 e. The van der Waals surface area contributed by atoms with Crippen molar-refractivity contribution in [1.29, 1.82) is 0 Å². The molecule has 0 fully saturated rings. The zero-order valence-corrected chi connectivity index (χ0v) is 10.9. The Bertz CT molecular complexity index is 696. The molecule has 0 atom stereocenters. The number of rotatable bonds is 3. The predicted octanol–water partition coefficient (Wildman–Crippen LogP) is 4.51. The Labute approximate surface area is 121 Å². The maximum absolute atomic E-state index is 12.6. The molecule has 2 aromatic rings. The van der Waals surface area contributed by atoms with E-state index in [2.05, 4.69) is 9.98 Å². The van der Waals surface area contributed by atoms with Crippen LogP contribution in [-0.4, -0.2) is 11.1 Å². The molecule has 0 unspecified atom stereocenters. The first kappa shape index (κ1) is 15.0. The summed E-state index contributed by atoms with van der Waals surface area (Å²) >= 11 is 5.54. The van der Waals surface area contributed by atoms with Crippen LogP contribution in [0.15, 0.2) is 41.4 Å². The Hall–Kier alpha value is -2.37. The van der Waals surface area contributed by atoms with Crippen molar-refractivity contribution in [2.24, 2.45) is 4.99 Å². The van der Waals surface area contributed by atoms with Crippen LogP contribution in [0, 0.1) is 0 Å². The first-order valence-corrected chi connectivity index (χ1v) is 5.87. The van der Waals surface area contributed by atoms with Gasteiger partial charge in [-0.05, 0) is 30.3 Å². The molecule has 0 aliphatic rings. The Balaban J connectivity index is 2.27. The van der Waals surface area contributed by atoms with Gasteiger partial charge in [0.1, 0.15) is 10.9 Å². The minimum absolute atomic E-state index is 0.225. The molecule has 1 aromatic heterocycles. The topological polar surface area (TPSA) is 51.5 Å². The second kappa shape index (κ2) is 5.95. The molecule has 1 aromatic carbocycles. The van der Waals surface area contributed by atoms with Gasteiger partial charge in [-0.1, -0.05) is 11.6 Å². The number of carbonyl (C=O) groups excluding carboxylic acids is 1. The van der Waals surface area contributed by atoms with Crippen molar-refractivity contribution in [2.45, 2.75) is 6.18 Å². The van der Waals surface area contributed by atoms with Crippen molar-refractivity contribution in [3.05, 3.63) is 47.1 Å². The van der Waals surface area contributed by atoms with Crippen LogP contribution < -0.4 is 4.74 Å². The van der Waals surface area contributed by atoms with E-state index in [1.54, 1.807) is 0 Å². The lowest BCUT2D eigenvalue weighted by Gasteiger charge is -2.10. The highest BCUT2D eigenvalue weighted by atomic mass is 35.5. The summed E-state index contributed by atoms with van der Waals surface area (Å²) in [6, 6.07) is 7.17. The number of benzene rings is 1. The fourth-order valence-electron chi connectivity index (χ4n) is 1.45. The van der Waals surface area contributed by atoms with Gasteiger partial charge in [0, 0.05) is 6.07 Å². The van der Waals surface area contributed by atoms with E-state index in [-0.39, 0.29) is 16.8 Å². The molecule has 0 aliphatic heterocycles. The molecule has 0 saturated heterocycles.